The topological polar surface area (TPSA) is 29.5 Å². The Kier molecular flexibility index (Phi) is 2.27. The van der Waals surface area contributed by atoms with Crippen LogP contribution in [0.1, 0.15) is 13.8 Å². The van der Waals surface area contributed by atoms with Gasteiger partial charge in [0.25, 0.3) is 0 Å². The Morgan fingerprint density at radius 2 is 1.90 bits per heavy atom. The molecule has 2 atom stereocenters. The van der Waals surface area contributed by atoms with Crippen molar-refractivity contribution in [1.82, 2.24) is 4.90 Å². The van der Waals surface area contributed by atoms with Gasteiger partial charge in [0, 0.05) is 13.1 Å². The maximum absolute atomic E-state index is 10.3. The number of ether oxygens (including phenoxy) is 1. The van der Waals surface area contributed by atoms with Crippen LogP contribution in [0.4, 0.5) is 0 Å². The highest BCUT2D eigenvalue weighted by Gasteiger charge is 2.20. The van der Waals surface area contributed by atoms with E-state index in [4.69, 9.17) is 4.74 Å². The number of amides is 1. The van der Waals surface area contributed by atoms with Crippen LogP contribution < -0.4 is 0 Å². The van der Waals surface area contributed by atoms with E-state index >= 15 is 0 Å². The van der Waals surface area contributed by atoms with Gasteiger partial charge < -0.3 is 9.64 Å². The first-order valence-electron chi connectivity index (χ1n) is 3.57. The van der Waals surface area contributed by atoms with Crippen molar-refractivity contribution >= 4 is 6.41 Å². The largest absolute Gasteiger partial charge is 0.372 e. The van der Waals surface area contributed by atoms with Crippen LogP contribution in [0.3, 0.4) is 0 Å². The molecule has 0 unspecified atom stereocenters. The molecule has 1 aliphatic rings. The van der Waals surface area contributed by atoms with Gasteiger partial charge in [0.2, 0.25) is 6.41 Å². The van der Waals surface area contributed by atoms with Gasteiger partial charge in [-0.05, 0) is 13.8 Å². The van der Waals surface area contributed by atoms with Gasteiger partial charge in [-0.1, -0.05) is 0 Å². The van der Waals surface area contributed by atoms with E-state index in [1.165, 1.54) is 0 Å². The molecule has 1 heterocycles. The fourth-order valence-electron chi connectivity index (χ4n) is 1.30. The molecule has 1 aliphatic heterocycles. The van der Waals surface area contributed by atoms with Crippen LogP contribution >= 0.6 is 0 Å². The summed E-state index contributed by atoms with van der Waals surface area (Å²) in [5.41, 5.74) is 0. The monoisotopic (exact) mass is 143 g/mol. The van der Waals surface area contributed by atoms with Crippen LogP contribution in [0.2, 0.25) is 0 Å². The summed E-state index contributed by atoms with van der Waals surface area (Å²) >= 11 is 0. The van der Waals surface area contributed by atoms with Gasteiger partial charge >= 0.3 is 0 Å². The Labute approximate surface area is 61.0 Å². The van der Waals surface area contributed by atoms with Crippen molar-refractivity contribution in [3.05, 3.63) is 0 Å². The SMILES string of the molecule is C[C@@H]1CN(C=O)C[C@@H](C)O1. The van der Waals surface area contributed by atoms with Crippen molar-refractivity contribution in [2.75, 3.05) is 13.1 Å². The minimum absolute atomic E-state index is 0.189. The number of morpholine rings is 1. The molecule has 0 aromatic heterocycles. The second-order valence-corrected chi connectivity index (χ2v) is 2.82. The predicted octanol–water partition coefficient (Wildman–Crippen LogP) is 0.252. The zero-order valence-electron chi connectivity index (χ0n) is 6.41. The number of hydrogen-bond acceptors (Lipinski definition) is 2. The van der Waals surface area contributed by atoms with E-state index in [2.05, 4.69) is 0 Å². The second kappa shape index (κ2) is 3.01. The van der Waals surface area contributed by atoms with Crippen LogP contribution in [0.5, 0.6) is 0 Å². The summed E-state index contributed by atoms with van der Waals surface area (Å²) in [6.45, 7) is 5.42. The molecule has 10 heavy (non-hydrogen) atoms. The number of nitrogens with zero attached hydrogens (tertiary/aromatic N) is 1. The highest BCUT2D eigenvalue weighted by atomic mass is 16.5. The van der Waals surface area contributed by atoms with E-state index in [9.17, 15) is 4.79 Å². The average molecular weight is 143 g/mol. The molecule has 0 aromatic carbocycles. The molecule has 0 aromatic rings. The summed E-state index contributed by atoms with van der Waals surface area (Å²) in [4.78, 5) is 12.1. The summed E-state index contributed by atoms with van der Waals surface area (Å²) in [5.74, 6) is 0. The highest BCUT2D eigenvalue weighted by Crippen LogP contribution is 2.07. The lowest BCUT2D eigenvalue weighted by Gasteiger charge is -2.32. The molecule has 1 fully saturated rings. The smallest absolute Gasteiger partial charge is 0.209 e. The van der Waals surface area contributed by atoms with Gasteiger partial charge in [0.15, 0.2) is 0 Å². The number of carbonyl (C=O) groups excluding carboxylic acids is 1. The van der Waals surface area contributed by atoms with E-state index in [0.29, 0.717) is 0 Å². The summed E-state index contributed by atoms with van der Waals surface area (Å²) in [6, 6.07) is 0. The Hall–Kier alpha value is -0.570. The molecule has 0 bridgehead atoms. The van der Waals surface area contributed by atoms with Crippen molar-refractivity contribution < 1.29 is 9.53 Å². The van der Waals surface area contributed by atoms with Gasteiger partial charge in [-0.2, -0.15) is 0 Å². The number of carbonyl (C=O) groups is 1. The third-order valence-corrected chi connectivity index (χ3v) is 1.60. The van der Waals surface area contributed by atoms with E-state index in [-0.39, 0.29) is 12.2 Å². The molecule has 58 valence electrons. The first kappa shape index (κ1) is 7.54. The molecule has 3 nitrogen and oxygen atoms in total. The fourth-order valence-corrected chi connectivity index (χ4v) is 1.30. The Bertz CT molecular complexity index is 117. The summed E-state index contributed by atoms with van der Waals surface area (Å²) in [5, 5.41) is 0. The number of hydrogen-bond donors (Lipinski definition) is 0. The van der Waals surface area contributed by atoms with E-state index in [0.717, 1.165) is 19.5 Å². The van der Waals surface area contributed by atoms with Gasteiger partial charge in [0.05, 0.1) is 12.2 Å². The quantitative estimate of drug-likeness (QED) is 0.492. The number of rotatable bonds is 1. The molecule has 1 saturated heterocycles. The zero-order chi connectivity index (χ0) is 7.56. The Morgan fingerprint density at radius 3 is 2.30 bits per heavy atom. The summed E-state index contributed by atoms with van der Waals surface area (Å²) in [6.07, 6.45) is 1.26. The third-order valence-electron chi connectivity index (χ3n) is 1.60. The molecule has 0 N–H and O–H groups in total. The average Bonchev–Trinajstić information content (AvgIpc) is 1.85. The maximum atomic E-state index is 10.3. The first-order chi connectivity index (χ1) is 4.72. The fraction of sp³-hybridized carbons (Fsp3) is 0.857. The van der Waals surface area contributed by atoms with Crippen LogP contribution in [0.25, 0.3) is 0 Å². The summed E-state index contributed by atoms with van der Waals surface area (Å²) in [7, 11) is 0. The van der Waals surface area contributed by atoms with Gasteiger partial charge in [-0.25, -0.2) is 0 Å². The van der Waals surface area contributed by atoms with Crippen molar-refractivity contribution in [3.8, 4) is 0 Å². The van der Waals surface area contributed by atoms with Crippen LogP contribution in [-0.2, 0) is 9.53 Å². The second-order valence-electron chi connectivity index (χ2n) is 2.82. The zero-order valence-corrected chi connectivity index (χ0v) is 6.41. The van der Waals surface area contributed by atoms with E-state index < -0.39 is 0 Å². The lowest BCUT2D eigenvalue weighted by atomic mass is 10.2. The van der Waals surface area contributed by atoms with Crippen molar-refractivity contribution in [1.29, 1.82) is 0 Å². The molecule has 0 radical (unpaired) electrons. The molecule has 0 aliphatic carbocycles. The minimum atomic E-state index is 0.189. The maximum Gasteiger partial charge on any atom is 0.209 e. The highest BCUT2D eigenvalue weighted by molar-refractivity contribution is 5.47. The third kappa shape index (κ3) is 1.70. The predicted molar refractivity (Wildman–Crippen MR) is 37.6 cm³/mol. The van der Waals surface area contributed by atoms with Crippen LogP contribution in [0.15, 0.2) is 0 Å². The molecule has 1 amide bonds. The minimum Gasteiger partial charge on any atom is -0.372 e. The van der Waals surface area contributed by atoms with Gasteiger partial charge in [-0.15, -0.1) is 0 Å². The van der Waals surface area contributed by atoms with Crippen molar-refractivity contribution in [2.24, 2.45) is 0 Å². The normalized spacial score (nSPS) is 34.0. The standard InChI is InChI=1S/C7H13NO2/c1-6-3-8(5-9)4-7(2)10-6/h5-7H,3-4H2,1-2H3/t6-,7-/m1/s1. The van der Waals surface area contributed by atoms with Crippen molar-refractivity contribution in [3.63, 3.8) is 0 Å². The lowest BCUT2D eigenvalue weighted by Crippen LogP contribution is -2.44. The van der Waals surface area contributed by atoms with Crippen molar-refractivity contribution in [2.45, 2.75) is 26.1 Å². The Morgan fingerprint density at radius 1 is 1.40 bits per heavy atom. The molecular weight excluding hydrogens is 130 g/mol. The summed E-state index contributed by atoms with van der Waals surface area (Å²) < 4.78 is 5.42. The van der Waals surface area contributed by atoms with Gasteiger partial charge in [0.1, 0.15) is 0 Å². The van der Waals surface area contributed by atoms with E-state index in [1.54, 1.807) is 4.90 Å². The van der Waals surface area contributed by atoms with E-state index in [1.807, 2.05) is 13.8 Å². The lowest BCUT2D eigenvalue weighted by molar-refractivity contribution is -0.130. The van der Waals surface area contributed by atoms with Crippen LogP contribution in [-0.4, -0.2) is 36.6 Å². The molecule has 1 rings (SSSR count). The molecular formula is C7H13NO2. The first-order valence-corrected chi connectivity index (χ1v) is 3.57. The molecule has 0 saturated carbocycles. The Balaban J connectivity index is 2.42. The van der Waals surface area contributed by atoms with Gasteiger partial charge in [-0.3, -0.25) is 4.79 Å². The van der Waals surface area contributed by atoms with Crippen LogP contribution in [0, 0.1) is 0 Å². The molecule has 3 heteroatoms. The molecule has 0 spiro atoms.